The standard InChI is InChI=1S/C52H72N10O11S/c1-29(2)24-39(58-49(68)60-59-44(63)37(53)25-33-18-13-12-14-19-33)46(65)56-38(45(64)57-40(47(66)67)26-34-28-62(50(69)73-51(6,7)8)41-22-16-15-20-35(34)41)21-17-23-55-48(54)61(11)74(70,71)43-31(4)30(3)42-36(32(43)5)27-52(9,10)72-42/h12-16,18-20,22,28-29,37-40H,17,21,23-27,53H2,1-11H3,(H2,54,55)(H,56,65)(H,57,64)(H,59,63)(H,66,67)(H2,58,60,68)/t37-,38-,39-,40-/m0/s1. The number of urea groups is 1. The summed E-state index contributed by atoms with van der Waals surface area (Å²) in [4.78, 5) is 80.5. The number of guanidine groups is 1. The Bertz CT molecular complexity index is 2880. The number of carboxylic acid groups (broad SMARTS) is 1. The number of carbonyl (C=O) groups is 6. The molecule has 10 N–H and O–H groups in total. The molecule has 0 saturated heterocycles. The maximum Gasteiger partial charge on any atom is 0.419 e. The van der Waals surface area contributed by atoms with Crippen LogP contribution < -0.4 is 42.6 Å². The van der Waals surface area contributed by atoms with Crippen LogP contribution in [0.5, 0.6) is 5.75 Å². The zero-order valence-corrected chi connectivity index (χ0v) is 44.8. The van der Waals surface area contributed by atoms with E-state index < -0.39 is 87.2 Å². The largest absolute Gasteiger partial charge is 0.487 e. The van der Waals surface area contributed by atoms with Crippen LogP contribution in [0, 0.1) is 32.1 Å². The number of benzene rings is 3. The Morgan fingerprint density at radius 1 is 0.865 bits per heavy atom. The highest BCUT2D eigenvalue weighted by molar-refractivity contribution is 7.89. The number of hydrazine groups is 1. The van der Waals surface area contributed by atoms with Gasteiger partial charge in [0.2, 0.25) is 17.8 Å². The van der Waals surface area contributed by atoms with Crippen LogP contribution in [0.1, 0.15) is 101 Å². The van der Waals surface area contributed by atoms with Crippen LogP contribution >= 0.6 is 0 Å². The maximum atomic E-state index is 14.3. The van der Waals surface area contributed by atoms with Gasteiger partial charge in [0.1, 0.15) is 35.1 Å². The number of hydrogen-bond donors (Lipinski definition) is 9. The number of para-hydroxylation sites is 1. The van der Waals surface area contributed by atoms with E-state index in [4.69, 9.17) is 20.6 Å². The minimum atomic E-state index is -4.27. The molecule has 74 heavy (non-hydrogen) atoms. The molecule has 1 aliphatic heterocycles. The van der Waals surface area contributed by atoms with Gasteiger partial charge in [-0.3, -0.25) is 29.8 Å². The quantitative estimate of drug-likeness (QED) is 0.0269. The predicted octanol–water partition coefficient (Wildman–Crippen LogP) is 4.60. The summed E-state index contributed by atoms with van der Waals surface area (Å²) in [6.07, 6.45) is 1.10. The van der Waals surface area contributed by atoms with Crippen molar-refractivity contribution in [3.63, 3.8) is 0 Å². The first-order valence-electron chi connectivity index (χ1n) is 24.5. The summed E-state index contributed by atoms with van der Waals surface area (Å²) in [5.74, 6) is -3.83. The highest BCUT2D eigenvalue weighted by atomic mass is 32.2. The van der Waals surface area contributed by atoms with Crippen LogP contribution in [0.2, 0.25) is 0 Å². The Labute approximate surface area is 432 Å². The van der Waals surface area contributed by atoms with Crippen molar-refractivity contribution in [2.45, 2.75) is 148 Å². The molecule has 4 aromatic rings. The number of hydrogen-bond acceptors (Lipinski definition) is 12. The molecule has 0 bridgehead atoms. The van der Waals surface area contributed by atoms with Crippen molar-refractivity contribution >= 4 is 62.7 Å². The lowest BCUT2D eigenvalue weighted by Gasteiger charge is -2.26. The molecule has 0 saturated carbocycles. The fraction of sp³-hybridized carbons (Fsp3) is 0.481. The van der Waals surface area contributed by atoms with E-state index in [1.54, 1.807) is 104 Å². The average molecular weight is 1050 g/mol. The Morgan fingerprint density at radius 2 is 1.49 bits per heavy atom. The number of amides is 5. The van der Waals surface area contributed by atoms with Gasteiger partial charge < -0.3 is 41.6 Å². The van der Waals surface area contributed by atoms with Gasteiger partial charge in [-0.25, -0.2) is 32.5 Å². The minimum absolute atomic E-state index is 0.0379. The number of aromatic nitrogens is 1. The molecule has 0 unspecified atom stereocenters. The highest BCUT2D eigenvalue weighted by Gasteiger charge is 2.38. The molecule has 21 nitrogen and oxygen atoms in total. The number of nitrogens with zero attached hydrogens (tertiary/aromatic N) is 2. The molecule has 5 rings (SSSR count). The molecule has 0 aliphatic carbocycles. The third-order valence-corrected chi connectivity index (χ3v) is 14.5. The van der Waals surface area contributed by atoms with Gasteiger partial charge in [-0.05, 0) is 121 Å². The summed E-state index contributed by atoms with van der Waals surface area (Å²) < 4.78 is 42.2. The fourth-order valence-corrected chi connectivity index (χ4v) is 10.3. The Morgan fingerprint density at radius 3 is 2.12 bits per heavy atom. The zero-order valence-electron chi connectivity index (χ0n) is 44.0. The van der Waals surface area contributed by atoms with E-state index in [9.17, 15) is 42.3 Å². The number of nitrogens with one attached hydrogen (secondary N) is 7. The van der Waals surface area contributed by atoms with E-state index in [0.29, 0.717) is 45.3 Å². The lowest BCUT2D eigenvalue weighted by atomic mass is 9.94. The SMILES string of the molecule is Cc1c(C)c(S(=O)(=O)N(C)C(=N)NCCC[C@H](NC(=O)[C@H](CC(C)C)NC(=O)NNC(=O)[C@@H](N)Cc2ccccc2)C(=O)N[C@@H](Cc2cn(C(=O)OC(C)(C)C)c3ccccc23)C(=O)O)c(C)c2c1OC(C)(C)C2. The number of nitrogens with two attached hydrogens (primary N) is 1. The van der Waals surface area contributed by atoms with Crippen molar-refractivity contribution in [1.29, 1.82) is 5.41 Å². The third-order valence-electron chi connectivity index (χ3n) is 12.5. The third kappa shape index (κ3) is 14.5. The average Bonchev–Trinajstić information content (AvgIpc) is 3.86. The molecular formula is C52H72N10O11S. The van der Waals surface area contributed by atoms with Crippen molar-refractivity contribution in [3.05, 3.63) is 94.2 Å². The molecule has 1 aromatic heterocycles. The second-order valence-corrected chi connectivity index (χ2v) is 22.6. The summed E-state index contributed by atoms with van der Waals surface area (Å²) in [7, 11) is -3.02. The summed E-state index contributed by atoms with van der Waals surface area (Å²) in [5.41, 5.74) is 13.3. The first kappa shape index (κ1) is 57.7. The smallest absolute Gasteiger partial charge is 0.419 e. The van der Waals surface area contributed by atoms with E-state index >= 15 is 0 Å². The highest BCUT2D eigenvalue weighted by Crippen LogP contribution is 2.44. The lowest BCUT2D eigenvalue weighted by Crippen LogP contribution is -2.59. The number of carboxylic acids is 1. The van der Waals surface area contributed by atoms with Crippen LogP contribution in [-0.4, -0.2) is 113 Å². The van der Waals surface area contributed by atoms with Gasteiger partial charge in [-0.1, -0.05) is 62.4 Å². The van der Waals surface area contributed by atoms with Crippen LogP contribution in [0.4, 0.5) is 9.59 Å². The zero-order chi connectivity index (χ0) is 55.0. The van der Waals surface area contributed by atoms with Crippen LogP contribution in [0.15, 0.2) is 65.7 Å². The number of sulfonamides is 1. The molecule has 2 heterocycles. The van der Waals surface area contributed by atoms with Gasteiger partial charge in [0, 0.05) is 43.6 Å². The molecule has 0 fully saturated rings. The summed E-state index contributed by atoms with van der Waals surface area (Å²) >= 11 is 0. The minimum Gasteiger partial charge on any atom is -0.487 e. The fourth-order valence-electron chi connectivity index (χ4n) is 8.69. The lowest BCUT2D eigenvalue weighted by molar-refractivity contribution is -0.142. The van der Waals surface area contributed by atoms with Crippen molar-refractivity contribution in [2.24, 2.45) is 11.7 Å². The molecular weight excluding hydrogens is 973 g/mol. The monoisotopic (exact) mass is 1040 g/mol. The van der Waals surface area contributed by atoms with Gasteiger partial charge in [0.15, 0.2) is 0 Å². The molecule has 402 valence electrons. The van der Waals surface area contributed by atoms with E-state index in [0.717, 1.165) is 15.4 Å². The number of fused-ring (bicyclic) bond motifs is 2. The van der Waals surface area contributed by atoms with E-state index in [1.807, 2.05) is 19.9 Å². The second kappa shape index (κ2) is 23.8. The van der Waals surface area contributed by atoms with Gasteiger partial charge >= 0.3 is 18.1 Å². The first-order valence-corrected chi connectivity index (χ1v) is 25.9. The van der Waals surface area contributed by atoms with Gasteiger partial charge in [0.25, 0.3) is 15.9 Å². The van der Waals surface area contributed by atoms with Crippen molar-refractivity contribution in [1.82, 2.24) is 41.0 Å². The predicted molar refractivity (Wildman–Crippen MR) is 279 cm³/mol. The topological polar surface area (TPSA) is 305 Å². The summed E-state index contributed by atoms with van der Waals surface area (Å²) in [6, 6.07) is 9.56. The van der Waals surface area contributed by atoms with Crippen molar-refractivity contribution in [2.75, 3.05) is 13.6 Å². The normalized spacial score (nSPS) is 14.6. The van der Waals surface area contributed by atoms with Crippen LogP contribution in [0.3, 0.4) is 0 Å². The van der Waals surface area contributed by atoms with Crippen molar-refractivity contribution in [3.8, 4) is 5.75 Å². The van der Waals surface area contributed by atoms with E-state index in [2.05, 4.69) is 32.1 Å². The summed E-state index contributed by atoms with van der Waals surface area (Å²) in [6.45, 7) is 17.7. The summed E-state index contributed by atoms with van der Waals surface area (Å²) in [5, 5.41) is 30.3. The number of carbonyl (C=O) groups excluding carboxylic acids is 5. The van der Waals surface area contributed by atoms with E-state index in [-0.39, 0.29) is 49.5 Å². The molecule has 0 spiro atoms. The van der Waals surface area contributed by atoms with Gasteiger partial charge in [-0.15, -0.1) is 0 Å². The molecule has 5 amide bonds. The molecule has 3 aromatic carbocycles. The molecule has 22 heteroatoms. The van der Waals surface area contributed by atoms with E-state index in [1.165, 1.54) is 17.8 Å². The number of rotatable bonds is 19. The second-order valence-electron chi connectivity index (χ2n) is 20.7. The van der Waals surface area contributed by atoms with Crippen LogP contribution in [-0.2, 0) is 53.2 Å². The van der Waals surface area contributed by atoms with Crippen molar-refractivity contribution < 1.29 is 51.8 Å². The Hall–Kier alpha value is -7.20. The molecule has 1 aliphatic rings. The molecule has 0 radical (unpaired) electrons. The number of aliphatic carboxylic acids is 1. The number of ether oxygens (including phenoxy) is 2. The van der Waals surface area contributed by atoms with Gasteiger partial charge in [0.05, 0.1) is 16.5 Å². The first-order chi connectivity index (χ1) is 34.5. The van der Waals surface area contributed by atoms with Gasteiger partial charge in [-0.2, -0.15) is 0 Å². The Balaban J connectivity index is 1.34. The van der Waals surface area contributed by atoms with Crippen LogP contribution in [0.25, 0.3) is 10.9 Å². The molecule has 4 atom stereocenters. The maximum absolute atomic E-state index is 14.3. The Kier molecular flexibility index (Phi) is 18.5.